The van der Waals surface area contributed by atoms with Crippen LogP contribution in [0, 0.1) is 11.3 Å². The predicted molar refractivity (Wildman–Crippen MR) is 80.9 cm³/mol. The zero-order valence-electron chi connectivity index (χ0n) is 10.9. The lowest BCUT2D eigenvalue weighted by Crippen LogP contribution is -1.98. The summed E-state index contributed by atoms with van der Waals surface area (Å²) in [6.45, 7) is 0. The van der Waals surface area contributed by atoms with Gasteiger partial charge in [-0.15, -0.1) is 0 Å². The Hall–Kier alpha value is -2.84. The molecule has 0 aliphatic rings. The Morgan fingerprint density at radius 1 is 1.24 bits per heavy atom. The van der Waals surface area contributed by atoms with Crippen LogP contribution in [-0.4, -0.2) is 14.5 Å². The van der Waals surface area contributed by atoms with Crippen molar-refractivity contribution in [3.05, 3.63) is 59.6 Å². The monoisotopic (exact) mass is 295 g/mol. The molecule has 0 unspecified atom stereocenters. The summed E-state index contributed by atoms with van der Waals surface area (Å²) >= 11 is 6.25. The van der Waals surface area contributed by atoms with Gasteiger partial charge in [0.25, 0.3) is 0 Å². The van der Waals surface area contributed by atoms with Crippen molar-refractivity contribution in [2.24, 2.45) is 0 Å². The third-order valence-electron chi connectivity index (χ3n) is 3.05. The Bertz CT molecular complexity index is 847. The molecule has 0 bridgehead atoms. The van der Waals surface area contributed by atoms with Crippen molar-refractivity contribution in [3.63, 3.8) is 0 Å². The number of imidazole rings is 1. The van der Waals surface area contributed by atoms with Gasteiger partial charge in [-0.25, -0.2) is 9.97 Å². The predicted octanol–water partition coefficient (Wildman–Crippen LogP) is 3.04. The molecule has 0 saturated heterocycles. The number of nitrogens with zero attached hydrogens (tertiary/aromatic N) is 4. The number of nitrogen functional groups attached to an aromatic ring is 1. The normalized spacial score (nSPS) is 10.3. The van der Waals surface area contributed by atoms with Gasteiger partial charge in [0.1, 0.15) is 5.82 Å². The average Bonchev–Trinajstić information content (AvgIpc) is 2.96. The van der Waals surface area contributed by atoms with E-state index < -0.39 is 0 Å². The molecular weight excluding hydrogens is 286 g/mol. The fraction of sp³-hybridized carbons (Fsp3) is 0. The molecule has 0 fully saturated rings. The first-order valence-electron chi connectivity index (χ1n) is 6.13. The quantitative estimate of drug-likeness (QED) is 0.788. The maximum atomic E-state index is 8.90. The van der Waals surface area contributed by atoms with Crippen molar-refractivity contribution in [1.29, 1.82) is 5.26 Å². The molecule has 0 atom stereocenters. The minimum Gasteiger partial charge on any atom is -0.384 e. The molecule has 0 spiro atoms. The molecule has 1 aromatic carbocycles. The Morgan fingerprint density at radius 2 is 2.10 bits per heavy atom. The smallest absolute Gasteiger partial charge is 0.123 e. The molecule has 0 radical (unpaired) electrons. The van der Waals surface area contributed by atoms with E-state index in [4.69, 9.17) is 22.6 Å². The van der Waals surface area contributed by atoms with Crippen LogP contribution in [0.2, 0.25) is 5.02 Å². The Balaban J connectivity index is 2.14. The fourth-order valence-corrected chi connectivity index (χ4v) is 2.35. The lowest BCUT2D eigenvalue weighted by Gasteiger charge is -2.10. The van der Waals surface area contributed by atoms with Gasteiger partial charge in [-0.2, -0.15) is 5.26 Å². The summed E-state index contributed by atoms with van der Waals surface area (Å²) in [7, 11) is 0. The van der Waals surface area contributed by atoms with Gasteiger partial charge >= 0.3 is 0 Å². The summed E-state index contributed by atoms with van der Waals surface area (Å²) in [6, 6.07) is 10.8. The van der Waals surface area contributed by atoms with Crippen LogP contribution in [0.25, 0.3) is 16.9 Å². The molecule has 2 aromatic heterocycles. The minimum atomic E-state index is 0.436. The fourth-order valence-electron chi connectivity index (χ4n) is 2.08. The molecule has 0 saturated carbocycles. The molecule has 0 aliphatic heterocycles. The van der Waals surface area contributed by atoms with Crippen molar-refractivity contribution in [1.82, 2.24) is 14.5 Å². The van der Waals surface area contributed by atoms with E-state index in [9.17, 15) is 0 Å². The number of nitrogens with two attached hydrogens (primary N) is 1. The molecule has 6 heteroatoms. The third kappa shape index (κ3) is 2.45. The van der Waals surface area contributed by atoms with Crippen LogP contribution in [0.3, 0.4) is 0 Å². The summed E-state index contributed by atoms with van der Waals surface area (Å²) in [5, 5.41) is 9.38. The highest BCUT2D eigenvalue weighted by atomic mass is 35.5. The number of benzene rings is 1. The highest BCUT2D eigenvalue weighted by molar-refractivity contribution is 6.32. The Kier molecular flexibility index (Phi) is 3.30. The van der Waals surface area contributed by atoms with Crippen LogP contribution in [-0.2, 0) is 0 Å². The lowest BCUT2D eigenvalue weighted by molar-refractivity contribution is 1.06. The van der Waals surface area contributed by atoms with Crippen molar-refractivity contribution in [3.8, 4) is 23.0 Å². The standard InChI is InChI=1S/C15H10ClN5/c16-12-5-10(7-17)1-2-13(12)21-9-19-8-14(21)11-3-4-20-15(18)6-11/h1-6,8-9H,(H2,18,20). The molecule has 3 rings (SSSR count). The van der Waals surface area contributed by atoms with Crippen LogP contribution in [0.5, 0.6) is 0 Å². The largest absolute Gasteiger partial charge is 0.384 e. The molecule has 102 valence electrons. The van der Waals surface area contributed by atoms with E-state index in [1.807, 2.05) is 10.6 Å². The third-order valence-corrected chi connectivity index (χ3v) is 3.35. The van der Waals surface area contributed by atoms with E-state index in [2.05, 4.69) is 16.0 Å². The second kappa shape index (κ2) is 5.27. The van der Waals surface area contributed by atoms with Gasteiger partial charge < -0.3 is 5.73 Å². The van der Waals surface area contributed by atoms with Crippen molar-refractivity contribution >= 4 is 17.4 Å². The van der Waals surface area contributed by atoms with Crippen LogP contribution in [0.1, 0.15) is 5.56 Å². The summed E-state index contributed by atoms with van der Waals surface area (Å²) in [6.07, 6.45) is 5.03. The van der Waals surface area contributed by atoms with Crippen LogP contribution < -0.4 is 5.73 Å². The van der Waals surface area contributed by atoms with E-state index in [1.54, 1.807) is 43.0 Å². The number of nitriles is 1. The first-order valence-corrected chi connectivity index (χ1v) is 6.51. The van der Waals surface area contributed by atoms with E-state index in [-0.39, 0.29) is 0 Å². The van der Waals surface area contributed by atoms with E-state index in [0.29, 0.717) is 16.4 Å². The SMILES string of the molecule is N#Cc1ccc(-n2cncc2-c2ccnc(N)c2)c(Cl)c1. The summed E-state index contributed by atoms with van der Waals surface area (Å²) in [4.78, 5) is 8.14. The lowest BCUT2D eigenvalue weighted by atomic mass is 10.2. The van der Waals surface area contributed by atoms with Gasteiger partial charge in [0.2, 0.25) is 0 Å². The van der Waals surface area contributed by atoms with E-state index >= 15 is 0 Å². The maximum Gasteiger partial charge on any atom is 0.123 e. The van der Waals surface area contributed by atoms with Gasteiger partial charge in [-0.1, -0.05) is 11.6 Å². The number of anilines is 1. The van der Waals surface area contributed by atoms with Gasteiger partial charge in [0.05, 0.1) is 40.6 Å². The zero-order chi connectivity index (χ0) is 14.8. The molecule has 5 nitrogen and oxygen atoms in total. The molecule has 21 heavy (non-hydrogen) atoms. The molecule has 0 aliphatic carbocycles. The first-order chi connectivity index (χ1) is 10.2. The Labute approximate surface area is 126 Å². The van der Waals surface area contributed by atoms with Gasteiger partial charge in [0, 0.05) is 11.8 Å². The summed E-state index contributed by atoms with van der Waals surface area (Å²) < 4.78 is 1.85. The highest BCUT2D eigenvalue weighted by Crippen LogP contribution is 2.28. The highest BCUT2D eigenvalue weighted by Gasteiger charge is 2.11. The second-order valence-electron chi connectivity index (χ2n) is 4.40. The van der Waals surface area contributed by atoms with E-state index in [1.165, 1.54) is 0 Å². The first kappa shape index (κ1) is 13.2. The summed E-state index contributed by atoms with van der Waals surface area (Å²) in [5.74, 6) is 0.436. The van der Waals surface area contributed by atoms with E-state index in [0.717, 1.165) is 16.9 Å². The van der Waals surface area contributed by atoms with Crippen molar-refractivity contribution in [2.45, 2.75) is 0 Å². The second-order valence-corrected chi connectivity index (χ2v) is 4.80. The zero-order valence-corrected chi connectivity index (χ0v) is 11.6. The Morgan fingerprint density at radius 3 is 2.81 bits per heavy atom. The van der Waals surface area contributed by atoms with Crippen LogP contribution >= 0.6 is 11.6 Å². The van der Waals surface area contributed by atoms with Gasteiger partial charge in [-0.3, -0.25) is 4.57 Å². The average molecular weight is 296 g/mol. The van der Waals surface area contributed by atoms with Crippen LogP contribution in [0.15, 0.2) is 49.1 Å². The van der Waals surface area contributed by atoms with Gasteiger partial charge in [-0.05, 0) is 30.3 Å². The number of halogens is 1. The maximum absolute atomic E-state index is 8.90. The number of hydrogen-bond acceptors (Lipinski definition) is 4. The molecule has 0 amide bonds. The minimum absolute atomic E-state index is 0.436. The molecule has 2 N–H and O–H groups in total. The van der Waals surface area contributed by atoms with Crippen molar-refractivity contribution in [2.75, 3.05) is 5.73 Å². The number of pyridine rings is 1. The molecule has 3 aromatic rings. The van der Waals surface area contributed by atoms with Crippen molar-refractivity contribution < 1.29 is 0 Å². The van der Waals surface area contributed by atoms with Crippen LogP contribution in [0.4, 0.5) is 5.82 Å². The topological polar surface area (TPSA) is 80.5 Å². The molecular formula is C15H10ClN5. The number of hydrogen-bond donors (Lipinski definition) is 1. The number of rotatable bonds is 2. The number of aromatic nitrogens is 3. The summed E-state index contributed by atoms with van der Waals surface area (Å²) in [5.41, 5.74) is 8.71. The molecule has 2 heterocycles. The van der Waals surface area contributed by atoms with Gasteiger partial charge in [0.15, 0.2) is 0 Å².